The number of carbonyl (C=O) groups is 1. The molecule has 2 aromatic heterocycles. The van der Waals surface area contributed by atoms with Crippen LogP contribution in [0.1, 0.15) is 62.8 Å². The van der Waals surface area contributed by atoms with Gasteiger partial charge in [-0.15, -0.1) is 0 Å². The smallest absolute Gasteiger partial charge is 0.416 e. The van der Waals surface area contributed by atoms with Crippen molar-refractivity contribution in [3.63, 3.8) is 0 Å². The van der Waals surface area contributed by atoms with Gasteiger partial charge in [0, 0.05) is 24.8 Å². The number of alkyl halides is 3. The van der Waals surface area contributed by atoms with Crippen LogP contribution in [0.2, 0.25) is 0 Å². The van der Waals surface area contributed by atoms with E-state index in [0.717, 1.165) is 25.0 Å². The quantitative estimate of drug-likeness (QED) is 0.495. The number of ether oxygens (including phenoxy) is 1. The highest BCUT2D eigenvalue weighted by molar-refractivity contribution is 5.72. The minimum Gasteiger partial charge on any atom is -0.444 e. The largest absolute Gasteiger partial charge is 0.444 e. The van der Waals surface area contributed by atoms with Gasteiger partial charge in [0.25, 0.3) is 0 Å². The standard InChI is InChI=1S/C26H30F3N7O2/c1-25(2,3)38-24(37)34-11-4-5-20(10-12-34)36-23(31)21(13-30)22(33-36)18-14-32-35(16-18)15-17-6-8-19(9-7-17)26(27,28)29/h6-9,14,16,20H,4-5,10-12,15,31H2,1-3H3/t20-/m0/s1. The first kappa shape index (κ1) is 27.0. The fraction of sp³-hybridized carbons (Fsp3) is 0.462. The van der Waals surface area contributed by atoms with Gasteiger partial charge in [0.1, 0.15) is 28.7 Å². The Labute approximate surface area is 218 Å². The zero-order valence-electron chi connectivity index (χ0n) is 21.5. The van der Waals surface area contributed by atoms with Crippen molar-refractivity contribution in [1.29, 1.82) is 5.26 Å². The van der Waals surface area contributed by atoms with Gasteiger partial charge in [-0.05, 0) is 57.7 Å². The number of hydrogen-bond acceptors (Lipinski definition) is 6. The normalized spacial score (nSPS) is 16.7. The molecule has 1 atom stereocenters. The molecule has 9 nitrogen and oxygen atoms in total. The average molecular weight is 530 g/mol. The summed E-state index contributed by atoms with van der Waals surface area (Å²) in [5.41, 5.74) is 6.88. The fourth-order valence-electron chi connectivity index (χ4n) is 4.43. The molecule has 2 N–H and O–H groups in total. The lowest BCUT2D eigenvalue weighted by atomic mass is 10.1. The molecule has 0 unspecified atom stereocenters. The van der Waals surface area contributed by atoms with E-state index in [0.29, 0.717) is 36.3 Å². The third-order valence-corrected chi connectivity index (χ3v) is 6.29. The summed E-state index contributed by atoms with van der Waals surface area (Å²) in [7, 11) is 0. The summed E-state index contributed by atoms with van der Waals surface area (Å²) < 4.78 is 47.2. The number of nitrogen functional groups attached to an aromatic ring is 1. The lowest BCUT2D eigenvalue weighted by molar-refractivity contribution is -0.137. The molecular weight excluding hydrogens is 499 g/mol. The Balaban J connectivity index is 1.50. The van der Waals surface area contributed by atoms with Crippen molar-refractivity contribution < 1.29 is 22.7 Å². The Bertz CT molecular complexity index is 1330. The van der Waals surface area contributed by atoms with Crippen LogP contribution in [0.15, 0.2) is 36.7 Å². The van der Waals surface area contributed by atoms with Gasteiger partial charge in [-0.3, -0.25) is 4.68 Å². The van der Waals surface area contributed by atoms with Gasteiger partial charge in [0.2, 0.25) is 0 Å². The van der Waals surface area contributed by atoms with Gasteiger partial charge in [0.05, 0.1) is 24.3 Å². The van der Waals surface area contributed by atoms with E-state index in [2.05, 4.69) is 16.3 Å². The summed E-state index contributed by atoms with van der Waals surface area (Å²) >= 11 is 0. The molecule has 1 aliphatic rings. The lowest BCUT2D eigenvalue weighted by Crippen LogP contribution is -2.37. The van der Waals surface area contributed by atoms with Gasteiger partial charge >= 0.3 is 12.3 Å². The predicted octanol–water partition coefficient (Wildman–Crippen LogP) is 5.23. The maximum atomic E-state index is 12.8. The average Bonchev–Trinajstić information content (AvgIpc) is 3.32. The Hall–Kier alpha value is -4.01. The molecule has 3 heterocycles. The maximum Gasteiger partial charge on any atom is 0.416 e. The third kappa shape index (κ3) is 6.10. The van der Waals surface area contributed by atoms with Crippen molar-refractivity contribution in [2.45, 2.75) is 64.4 Å². The first-order valence-electron chi connectivity index (χ1n) is 12.3. The molecule has 12 heteroatoms. The number of carbonyl (C=O) groups excluding carboxylic acids is 1. The molecule has 38 heavy (non-hydrogen) atoms. The second-order valence-electron chi connectivity index (χ2n) is 10.3. The summed E-state index contributed by atoms with van der Waals surface area (Å²) in [4.78, 5) is 14.2. The molecule has 1 fully saturated rings. The second kappa shape index (κ2) is 10.4. The van der Waals surface area contributed by atoms with Crippen LogP contribution in [0, 0.1) is 11.3 Å². The van der Waals surface area contributed by atoms with E-state index in [1.807, 2.05) is 20.8 Å². The molecule has 202 valence electrons. The molecule has 0 spiro atoms. The third-order valence-electron chi connectivity index (χ3n) is 6.29. The monoisotopic (exact) mass is 529 g/mol. The van der Waals surface area contributed by atoms with E-state index in [-0.39, 0.29) is 30.1 Å². The maximum absolute atomic E-state index is 12.8. The van der Waals surface area contributed by atoms with E-state index in [1.165, 1.54) is 12.1 Å². The van der Waals surface area contributed by atoms with Crippen LogP contribution in [0.3, 0.4) is 0 Å². The highest BCUT2D eigenvalue weighted by Crippen LogP contribution is 2.33. The topological polar surface area (TPSA) is 115 Å². The van der Waals surface area contributed by atoms with Crippen molar-refractivity contribution in [2.75, 3.05) is 18.8 Å². The first-order valence-corrected chi connectivity index (χ1v) is 12.3. The van der Waals surface area contributed by atoms with Gasteiger partial charge in [0.15, 0.2) is 0 Å². The Kier molecular flexibility index (Phi) is 7.40. The zero-order chi connectivity index (χ0) is 27.7. The van der Waals surface area contributed by atoms with E-state index in [1.54, 1.807) is 26.7 Å². The number of rotatable bonds is 4. The number of nitriles is 1. The van der Waals surface area contributed by atoms with E-state index in [9.17, 15) is 23.2 Å². The molecule has 3 aromatic rings. The highest BCUT2D eigenvalue weighted by Gasteiger charge is 2.30. The molecule has 0 saturated carbocycles. The van der Waals surface area contributed by atoms with Crippen molar-refractivity contribution in [1.82, 2.24) is 24.5 Å². The van der Waals surface area contributed by atoms with Crippen molar-refractivity contribution >= 4 is 11.9 Å². The molecule has 1 aliphatic heterocycles. The number of benzene rings is 1. The molecule has 1 amide bonds. The minimum atomic E-state index is -4.39. The van der Waals surface area contributed by atoms with Crippen molar-refractivity contribution in [3.8, 4) is 17.3 Å². The SMILES string of the molecule is CC(C)(C)OC(=O)N1CCC[C@H](n2nc(-c3cnn(Cc4ccc(C(F)(F)F)cc4)c3)c(C#N)c2N)CC1. The fourth-order valence-corrected chi connectivity index (χ4v) is 4.43. The number of nitrogens with zero attached hydrogens (tertiary/aromatic N) is 6. The number of amides is 1. The van der Waals surface area contributed by atoms with Gasteiger partial charge in [-0.1, -0.05) is 12.1 Å². The second-order valence-corrected chi connectivity index (χ2v) is 10.3. The molecular formula is C26H30F3N7O2. The van der Waals surface area contributed by atoms with Crippen LogP contribution < -0.4 is 5.73 Å². The Morgan fingerprint density at radius 3 is 2.53 bits per heavy atom. The van der Waals surface area contributed by atoms with E-state index >= 15 is 0 Å². The molecule has 4 rings (SSSR count). The lowest BCUT2D eigenvalue weighted by Gasteiger charge is -2.26. The number of hydrogen-bond donors (Lipinski definition) is 1. The summed E-state index contributed by atoms with van der Waals surface area (Å²) in [6.07, 6.45) is 0.535. The Morgan fingerprint density at radius 1 is 1.18 bits per heavy atom. The minimum absolute atomic E-state index is 0.106. The summed E-state index contributed by atoms with van der Waals surface area (Å²) in [6.45, 7) is 6.76. The van der Waals surface area contributed by atoms with Crippen LogP contribution in [-0.4, -0.2) is 49.2 Å². The van der Waals surface area contributed by atoms with Crippen molar-refractivity contribution in [2.24, 2.45) is 0 Å². The highest BCUT2D eigenvalue weighted by atomic mass is 19.4. The van der Waals surface area contributed by atoms with Gasteiger partial charge in [-0.25, -0.2) is 9.48 Å². The summed E-state index contributed by atoms with van der Waals surface area (Å²) in [6, 6.07) is 6.91. The molecule has 0 aliphatic carbocycles. The number of nitrogens with two attached hydrogens (primary N) is 1. The van der Waals surface area contributed by atoms with Crippen LogP contribution in [-0.2, 0) is 17.5 Å². The number of aromatic nitrogens is 4. The van der Waals surface area contributed by atoms with Crippen LogP contribution in [0.4, 0.5) is 23.8 Å². The Morgan fingerprint density at radius 2 is 1.89 bits per heavy atom. The first-order chi connectivity index (χ1) is 17.9. The van der Waals surface area contributed by atoms with Gasteiger partial charge < -0.3 is 15.4 Å². The van der Waals surface area contributed by atoms with Crippen LogP contribution in [0.25, 0.3) is 11.3 Å². The van der Waals surface area contributed by atoms with E-state index < -0.39 is 17.3 Å². The summed E-state index contributed by atoms with van der Waals surface area (Å²) in [5.74, 6) is 0.244. The molecule has 1 saturated heterocycles. The van der Waals surface area contributed by atoms with Crippen molar-refractivity contribution in [3.05, 3.63) is 53.3 Å². The van der Waals surface area contributed by atoms with Crippen LogP contribution >= 0.6 is 0 Å². The van der Waals surface area contributed by atoms with E-state index in [4.69, 9.17) is 10.5 Å². The zero-order valence-corrected chi connectivity index (χ0v) is 21.5. The molecule has 0 bridgehead atoms. The molecule has 1 aromatic carbocycles. The summed E-state index contributed by atoms with van der Waals surface area (Å²) in [5, 5.41) is 18.8. The number of halogens is 3. The van der Waals surface area contributed by atoms with Gasteiger partial charge in [-0.2, -0.15) is 28.6 Å². The number of anilines is 1. The van der Waals surface area contributed by atoms with Crippen LogP contribution in [0.5, 0.6) is 0 Å². The molecule has 0 radical (unpaired) electrons. The number of likely N-dealkylation sites (tertiary alicyclic amines) is 1. The predicted molar refractivity (Wildman–Crippen MR) is 134 cm³/mol.